The van der Waals surface area contributed by atoms with Crippen molar-refractivity contribution in [2.75, 3.05) is 52.2 Å². The molecule has 1 aromatic rings. The van der Waals surface area contributed by atoms with Gasteiger partial charge in [0.25, 0.3) is 0 Å². The van der Waals surface area contributed by atoms with Gasteiger partial charge in [0.1, 0.15) is 0 Å². The Bertz CT molecular complexity index is 852. The second-order valence-corrected chi connectivity index (χ2v) is 10.9. The van der Waals surface area contributed by atoms with Crippen LogP contribution >= 0.6 is 15.9 Å². The highest BCUT2D eigenvalue weighted by Crippen LogP contribution is 2.17. The van der Waals surface area contributed by atoms with Crippen molar-refractivity contribution in [1.82, 2.24) is 13.9 Å². The molecule has 0 saturated carbocycles. The van der Waals surface area contributed by atoms with E-state index in [1.54, 1.807) is 12.1 Å². The van der Waals surface area contributed by atoms with Gasteiger partial charge in [0.15, 0.2) is 0 Å². The molecule has 9 nitrogen and oxygen atoms in total. The number of likely N-dealkylation sites (N-methyl/N-ethyl adjacent to an activating group) is 1. The van der Waals surface area contributed by atoms with Gasteiger partial charge in [-0.05, 0) is 24.3 Å². The van der Waals surface area contributed by atoms with Crippen molar-refractivity contribution in [2.45, 2.75) is 4.90 Å². The molecule has 0 unspecified atom stereocenters. The molecule has 1 aliphatic heterocycles. The van der Waals surface area contributed by atoms with Crippen molar-refractivity contribution >= 4 is 41.9 Å². The normalized spacial score (nSPS) is 16.4. The number of carbonyl (C=O) groups is 1. The number of nitrogens with one attached hydrogen (secondary N) is 1. The predicted molar refractivity (Wildman–Crippen MR) is 103 cm³/mol. The van der Waals surface area contributed by atoms with Crippen LogP contribution < -0.4 is 5.32 Å². The lowest BCUT2D eigenvalue weighted by Gasteiger charge is -2.26. The highest BCUT2D eigenvalue weighted by molar-refractivity contribution is 9.10. The second kappa shape index (κ2) is 9.43. The van der Waals surface area contributed by atoms with Crippen LogP contribution in [0.5, 0.6) is 0 Å². The first-order chi connectivity index (χ1) is 12.6. The summed E-state index contributed by atoms with van der Waals surface area (Å²) in [6.45, 7) is 0.796. The van der Waals surface area contributed by atoms with Gasteiger partial charge < -0.3 is 10.1 Å². The Hall–Kier alpha value is -1.05. The van der Waals surface area contributed by atoms with E-state index in [9.17, 15) is 21.6 Å². The van der Waals surface area contributed by atoms with Crippen molar-refractivity contribution in [3.8, 4) is 0 Å². The van der Waals surface area contributed by atoms with Crippen molar-refractivity contribution < 1.29 is 26.4 Å². The number of nitrogens with zero attached hydrogens (tertiary/aromatic N) is 2. The first-order valence-electron chi connectivity index (χ1n) is 8.17. The molecule has 2 rings (SSSR count). The molecule has 1 aromatic carbocycles. The molecule has 27 heavy (non-hydrogen) atoms. The van der Waals surface area contributed by atoms with Crippen molar-refractivity contribution in [3.05, 3.63) is 28.7 Å². The summed E-state index contributed by atoms with van der Waals surface area (Å²) in [4.78, 5) is 12.1. The van der Waals surface area contributed by atoms with Gasteiger partial charge in [0, 0.05) is 31.2 Å². The predicted octanol–water partition coefficient (Wildman–Crippen LogP) is -0.152. The first kappa shape index (κ1) is 22.2. The van der Waals surface area contributed by atoms with Crippen LogP contribution in [0, 0.1) is 0 Å². The third-order valence-electron chi connectivity index (χ3n) is 3.93. The number of hydrogen-bond acceptors (Lipinski definition) is 6. The first-order valence-corrected chi connectivity index (χ1v) is 12.0. The van der Waals surface area contributed by atoms with Gasteiger partial charge in [0.05, 0.1) is 30.4 Å². The highest BCUT2D eigenvalue weighted by atomic mass is 79.9. The summed E-state index contributed by atoms with van der Waals surface area (Å²) in [5, 5.41) is 2.45. The van der Waals surface area contributed by atoms with Gasteiger partial charge in [0.2, 0.25) is 26.0 Å². The molecule has 1 saturated heterocycles. The lowest BCUT2D eigenvalue weighted by Crippen LogP contribution is -2.45. The Morgan fingerprint density at radius 1 is 1.19 bits per heavy atom. The highest BCUT2D eigenvalue weighted by Gasteiger charge is 2.25. The van der Waals surface area contributed by atoms with Gasteiger partial charge >= 0.3 is 0 Å². The molecule has 0 aromatic heterocycles. The Morgan fingerprint density at radius 2 is 1.78 bits per heavy atom. The van der Waals surface area contributed by atoms with Crippen LogP contribution in [0.2, 0.25) is 0 Å². The van der Waals surface area contributed by atoms with Gasteiger partial charge in [-0.1, -0.05) is 15.9 Å². The molecule has 152 valence electrons. The van der Waals surface area contributed by atoms with E-state index in [1.807, 2.05) is 0 Å². The topological polar surface area (TPSA) is 113 Å². The number of sulfonamides is 2. The van der Waals surface area contributed by atoms with Crippen molar-refractivity contribution in [3.63, 3.8) is 0 Å². The largest absolute Gasteiger partial charge is 0.379 e. The fourth-order valence-corrected chi connectivity index (χ4v) is 5.12. The van der Waals surface area contributed by atoms with Crippen molar-refractivity contribution in [2.24, 2.45) is 0 Å². The summed E-state index contributed by atoms with van der Waals surface area (Å²) in [5.41, 5.74) is 0. The molecule has 1 heterocycles. The Kier molecular flexibility index (Phi) is 7.77. The molecule has 0 radical (unpaired) electrons. The summed E-state index contributed by atoms with van der Waals surface area (Å²) in [6, 6.07) is 6.06. The SMILES string of the molecule is CN(CC(=O)NCCS(=O)(=O)N1CCOCC1)S(=O)(=O)c1ccc(Br)cc1. The molecule has 0 aliphatic carbocycles. The van der Waals surface area contributed by atoms with Gasteiger partial charge in [-0.2, -0.15) is 8.61 Å². The molecule has 1 aliphatic rings. The van der Waals surface area contributed by atoms with E-state index in [1.165, 1.54) is 23.5 Å². The number of rotatable bonds is 8. The number of benzene rings is 1. The van der Waals surface area contributed by atoms with Crippen LogP contribution in [0.15, 0.2) is 33.6 Å². The molecule has 12 heteroatoms. The van der Waals surface area contributed by atoms with E-state index in [0.717, 1.165) is 8.78 Å². The zero-order valence-electron chi connectivity index (χ0n) is 14.8. The quantitative estimate of drug-likeness (QED) is 0.549. The van der Waals surface area contributed by atoms with E-state index in [0.29, 0.717) is 26.3 Å². The maximum Gasteiger partial charge on any atom is 0.243 e. The summed E-state index contributed by atoms with van der Waals surface area (Å²) < 4.78 is 57.3. The van der Waals surface area contributed by atoms with E-state index in [-0.39, 0.29) is 17.2 Å². The maximum atomic E-state index is 12.4. The average molecular weight is 484 g/mol. The molecular weight excluding hydrogens is 462 g/mol. The smallest absolute Gasteiger partial charge is 0.243 e. The van der Waals surface area contributed by atoms with Crippen LogP contribution in [0.3, 0.4) is 0 Å². The van der Waals surface area contributed by atoms with E-state index in [4.69, 9.17) is 4.74 Å². The summed E-state index contributed by atoms with van der Waals surface area (Å²) >= 11 is 3.23. The minimum Gasteiger partial charge on any atom is -0.379 e. The van der Waals surface area contributed by atoms with Gasteiger partial charge in [-0.25, -0.2) is 16.8 Å². The Labute approximate surface area is 167 Å². The average Bonchev–Trinajstić information content (AvgIpc) is 2.62. The molecular formula is C15H22BrN3O6S2. The third kappa shape index (κ3) is 6.22. The molecule has 0 spiro atoms. The van der Waals surface area contributed by atoms with E-state index < -0.39 is 32.5 Å². The van der Waals surface area contributed by atoms with E-state index >= 15 is 0 Å². The van der Waals surface area contributed by atoms with E-state index in [2.05, 4.69) is 21.2 Å². The summed E-state index contributed by atoms with van der Waals surface area (Å²) in [7, 11) is -6.00. The van der Waals surface area contributed by atoms with Crippen LogP contribution in [-0.4, -0.2) is 83.5 Å². The minimum atomic E-state index is -3.81. The number of ether oxygens (including phenoxy) is 1. The second-order valence-electron chi connectivity index (χ2n) is 5.89. The van der Waals surface area contributed by atoms with Gasteiger partial charge in [-0.15, -0.1) is 0 Å². The number of hydrogen-bond donors (Lipinski definition) is 1. The molecule has 0 atom stereocenters. The summed E-state index contributed by atoms with van der Waals surface area (Å²) in [5.74, 6) is -0.822. The fraction of sp³-hybridized carbons (Fsp3) is 0.533. The zero-order chi connectivity index (χ0) is 20.1. The summed E-state index contributed by atoms with van der Waals surface area (Å²) in [6.07, 6.45) is 0. The molecule has 1 fully saturated rings. The molecule has 0 bridgehead atoms. The van der Waals surface area contributed by atoms with Crippen LogP contribution in [0.25, 0.3) is 0 Å². The minimum absolute atomic E-state index is 0.0656. The fourth-order valence-electron chi connectivity index (χ4n) is 2.40. The Morgan fingerprint density at radius 3 is 2.37 bits per heavy atom. The zero-order valence-corrected chi connectivity index (χ0v) is 18.0. The maximum absolute atomic E-state index is 12.4. The monoisotopic (exact) mass is 483 g/mol. The van der Waals surface area contributed by atoms with Crippen LogP contribution in [-0.2, 0) is 29.6 Å². The van der Waals surface area contributed by atoms with Crippen LogP contribution in [0.4, 0.5) is 0 Å². The number of carbonyl (C=O) groups excluding carboxylic acids is 1. The van der Waals surface area contributed by atoms with Crippen molar-refractivity contribution in [1.29, 1.82) is 0 Å². The number of morpholine rings is 1. The Balaban J connectivity index is 1.85. The lowest BCUT2D eigenvalue weighted by atomic mass is 10.4. The number of halogens is 1. The molecule has 1 amide bonds. The molecule has 1 N–H and O–H groups in total. The number of amides is 1. The third-order valence-corrected chi connectivity index (χ3v) is 8.15. The van der Waals surface area contributed by atoms with Crippen LogP contribution in [0.1, 0.15) is 0 Å². The van der Waals surface area contributed by atoms with Gasteiger partial charge in [-0.3, -0.25) is 4.79 Å². The lowest BCUT2D eigenvalue weighted by molar-refractivity contribution is -0.121. The standard InChI is InChI=1S/C15H22BrN3O6S2/c1-18(27(23,24)14-4-2-13(16)3-5-14)12-15(20)17-6-11-26(21,22)19-7-9-25-10-8-19/h2-5H,6-12H2,1H3,(H,17,20).